The highest BCUT2D eigenvalue weighted by Crippen LogP contribution is 2.21. The van der Waals surface area contributed by atoms with Gasteiger partial charge in [0.05, 0.1) is 12.7 Å². The zero-order chi connectivity index (χ0) is 9.10. The summed E-state index contributed by atoms with van der Waals surface area (Å²) in [6.45, 7) is 2.87. The van der Waals surface area contributed by atoms with Crippen LogP contribution in [-0.4, -0.2) is 12.7 Å². The van der Waals surface area contributed by atoms with Crippen LogP contribution in [0.15, 0.2) is 42.5 Å². The van der Waals surface area contributed by atoms with Crippen molar-refractivity contribution in [3.8, 4) is 0 Å². The van der Waals surface area contributed by atoms with Gasteiger partial charge in [-0.3, -0.25) is 0 Å². The van der Waals surface area contributed by atoms with Crippen molar-refractivity contribution in [3.63, 3.8) is 0 Å². The molecule has 1 heteroatoms. The molecule has 0 N–H and O–H groups in total. The topological polar surface area (TPSA) is 9.23 Å². The van der Waals surface area contributed by atoms with Crippen molar-refractivity contribution in [3.05, 3.63) is 48.0 Å². The van der Waals surface area contributed by atoms with E-state index in [1.165, 1.54) is 5.56 Å². The fourth-order valence-electron chi connectivity index (χ4n) is 1.56. The molecule has 0 aromatic heterocycles. The average Bonchev–Trinajstić information content (AvgIpc) is 2.20. The van der Waals surface area contributed by atoms with Gasteiger partial charge in [-0.15, -0.1) is 0 Å². The van der Waals surface area contributed by atoms with E-state index in [9.17, 15) is 0 Å². The van der Waals surface area contributed by atoms with Gasteiger partial charge < -0.3 is 4.74 Å². The summed E-state index contributed by atoms with van der Waals surface area (Å²) >= 11 is 0. The second-order valence-corrected chi connectivity index (χ2v) is 3.44. The zero-order valence-electron chi connectivity index (χ0n) is 7.81. The lowest BCUT2D eigenvalue weighted by Gasteiger charge is -2.21. The lowest BCUT2D eigenvalue weighted by Crippen LogP contribution is -2.16. The molecule has 1 heterocycles. The summed E-state index contributed by atoms with van der Waals surface area (Å²) in [5.41, 5.74) is 1.34. The minimum absolute atomic E-state index is 0.278. The van der Waals surface area contributed by atoms with Crippen LogP contribution in [0.1, 0.15) is 18.4 Å². The Labute approximate surface area is 79.0 Å². The maximum Gasteiger partial charge on any atom is 0.0728 e. The number of hydrogen-bond donors (Lipinski definition) is 0. The Morgan fingerprint density at radius 2 is 1.92 bits per heavy atom. The monoisotopic (exact) mass is 174 g/mol. The van der Waals surface area contributed by atoms with Crippen LogP contribution < -0.4 is 0 Å². The molecular weight excluding hydrogens is 160 g/mol. The summed E-state index contributed by atoms with van der Waals surface area (Å²) < 4.78 is 5.56. The summed E-state index contributed by atoms with van der Waals surface area (Å²) in [5, 5.41) is 0. The molecule has 0 spiro atoms. The van der Waals surface area contributed by atoms with E-state index in [4.69, 9.17) is 4.74 Å². The Morgan fingerprint density at radius 1 is 1.15 bits per heavy atom. The average molecular weight is 174 g/mol. The normalized spacial score (nSPS) is 27.5. The van der Waals surface area contributed by atoms with E-state index in [0.717, 1.165) is 6.61 Å². The van der Waals surface area contributed by atoms with Gasteiger partial charge in [-0.05, 0) is 12.5 Å². The molecule has 2 rings (SSSR count). The van der Waals surface area contributed by atoms with Gasteiger partial charge in [0.2, 0.25) is 0 Å². The van der Waals surface area contributed by atoms with Crippen molar-refractivity contribution in [1.29, 1.82) is 0 Å². The highest BCUT2D eigenvalue weighted by atomic mass is 16.5. The van der Waals surface area contributed by atoms with E-state index in [-0.39, 0.29) is 6.10 Å². The lowest BCUT2D eigenvalue weighted by molar-refractivity contribution is 0.0825. The molecule has 0 aliphatic carbocycles. The van der Waals surface area contributed by atoms with E-state index < -0.39 is 0 Å². The van der Waals surface area contributed by atoms with Crippen molar-refractivity contribution < 1.29 is 4.74 Å². The van der Waals surface area contributed by atoms with Crippen LogP contribution >= 0.6 is 0 Å². The third-order valence-electron chi connectivity index (χ3n) is 2.38. The number of ether oxygens (including phenoxy) is 1. The molecule has 68 valence electrons. The van der Waals surface area contributed by atoms with E-state index in [1.54, 1.807) is 0 Å². The van der Waals surface area contributed by atoms with Gasteiger partial charge in [-0.25, -0.2) is 0 Å². The number of benzene rings is 1. The fourth-order valence-corrected chi connectivity index (χ4v) is 1.56. The lowest BCUT2D eigenvalue weighted by atomic mass is 9.97. The molecule has 0 bridgehead atoms. The molecule has 1 aliphatic heterocycles. The molecule has 2 atom stereocenters. The first kappa shape index (κ1) is 8.52. The second kappa shape index (κ2) is 3.75. The predicted molar refractivity (Wildman–Crippen MR) is 53.7 cm³/mol. The minimum atomic E-state index is 0.278. The highest BCUT2D eigenvalue weighted by molar-refractivity contribution is 5.25. The third-order valence-corrected chi connectivity index (χ3v) is 2.38. The van der Waals surface area contributed by atoms with Crippen molar-refractivity contribution in [2.24, 2.45) is 0 Å². The van der Waals surface area contributed by atoms with E-state index in [0.29, 0.717) is 5.92 Å². The molecule has 0 fully saturated rings. The summed E-state index contributed by atoms with van der Waals surface area (Å²) in [6.07, 6.45) is 4.64. The highest BCUT2D eigenvalue weighted by Gasteiger charge is 2.13. The van der Waals surface area contributed by atoms with Crippen LogP contribution in [0, 0.1) is 0 Å². The standard InChI is InChI=1S/C12H14O/c1-10-7-8-12(9-13-10)11-5-3-2-4-6-11/h2-8,10,12H,9H2,1H3/t10-,12-/m0/s1. The van der Waals surface area contributed by atoms with Gasteiger partial charge in [0, 0.05) is 5.92 Å². The maximum absolute atomic E-state index is 5.56. The summed E-state index contributed by atoms with van der Waals surface area (Å²) in [7, 11) is 0. The van der Waals surface area contributed by atoms with Crippen LogP contribution in [0.5, 0.6) is 0 Å². The van der Waals surface area contributed by atoms with E-state index >= 15 is 0 Å². The first-order chi connectivity index (χ1) is 6.36. The largest absolute Gasteiger partial charge is 0.373 e. The summed E-state index contributed by atoms with van der Waals surface area (Å²) in [5.74, 6) is 0.442. The predicted octanol–water partition coefficient (Wildman–Crippen LogP) is 2.75. The van der Waals surface area contributed by atoms with Gasteiger partial charge in [0.1, 0.15) is 0 Å². The minimum Gasteiger partial charge on any atom is -0.373 e. The van der Waals surface area contributed by atoms with Crippen LogP contribution in [-0.2, 0) is 4.74 Å². The quantitative estimate of drug-likeness (QED) is 0.595. The van der Waals surface area contributed by atoms with E-state index in [1.807, 2.05) is 6.07 Å². The Morgan fingerprint density at radius 3 is 2.54 bits per heavy atom. The smallest absolute Gasteiger partial charge is 0.0728 e. The molecule has 0 amide bonds. The van der Waals surface area contributed by atoms with Crippen molar-refractivity contribution in [1.82, 2.24) is 0 Å². The molecule has 0 unspecified atom stereocenters. The van der Waals surface area contributed by atoms with Gasteiger partial charge in [0.15, 0.2) is 0 Å². The Balaban J connectivity index is 2.15. The molecule has 0 radical (unpaired) electrons. The van der Waals surface area contributed by atoms with Crippen LogP contribution in [0.3, 0.4) is 0 Å². The summed E-state index contributed by atoms with van der Waals surface area (Å²) in [6, 6.07) is 10.5. The van der Waals surface area contributed by atoms with Gasteiger partial charge in [-0.1, -0.05) is 42.5 Å². The van der Waals surface area contributed by atoms with Crippen molar-refractivity contribution in [2.45, 2.75) is 18.9 Å². The van der Waals surface area contributed by atoms with Crippen molar-refractivity contribution in [2.75, 3.05) is 6.61 Å². The molecule has 1 aliphatic rings. The molecular formula is C12H14O. The molecule has 13 heavy (non-hydrogen) atoms. The Bertz CT molecular complexity index is 289. The van der Waals surface area contributed by atoms with Crippen molar-refractivity contribution >= 4 is 0 Å². The Hall–Kier alpha value is -1.08. The van der Waals surface area contributed by atoms with Crippen LogP contribution in [0.2, 0.25) is 0 Å². The van der Waals surface area contributed by atoms with Gasteiger partial charge in [0.25, 0.3) is 0 Å². The van der Waals surface area contributed by atoms with Crippen LogP contribution in [0.4, 0.5) is 0 Å². The number of hydrogen-bond acceptors (Lipinski definition) is 1. The van der Waals surface area contributed by atoms with Gasteiger partial charge in [-0.2, -0.15) is 0 Å². The molecule has 0 saturated carbocycles. The van der Waals surface area contributed by atoms with E-state index in [2.05, 4.69) is 43.3 Å². The first-order valence-electron chi connectivity index (χ1n) is 4.71. The zero-order valence-corrected chi connectivity index (χ0v) is 7.81. The second-order valence-electron chi connectivity index (χ2n) is 3.44. The molecule has 1 aromatic rings. The molecule has 1 nitrogen and oxygen atoms in total. The third kappa shape index (κ3) is 1.99. The number of rotatable bonds is 1. The Kier molecular flexibility index (Phi) is 2.46. The van der Waals surface area contributed by atoms with Gasteiger partial charge >= 0.3 is 0 Å². The fraction of sp³-hybridized carbons (Fsp3) is 0.333. The summed E-state index contributed by atoms with van der Waals surface area (Å²) in [4.78, 5) is 0. The maximum atomic E-state index is 5.56. The molecule has 1 aromatic carbocycles. The van der Waals surface area contributed by atoms with Crippen LogP contribution in [0.25, 0.3) is 0 Å². The first-order valence-corrected chi connectivity index (χ1v) is 4.71. The SMILES string of the molecule is C[C@H]1C=C[C@H](c2ccccc2)CO1. The molecule has 0 saturated heterocycles.